The molecule has 1 aromatic carbocycles. The van der Waals surface area contributed by atoms with E-state index in [2.05, 4.69) is 5.32 Å². The standard InChI is InChI=1S/C12H15ClN2OS/c1-2-5-14-12(16)15-6-7-17-11-8-9(13)3-4-10(11)15/h3-4,8H,2,5-7H2,1H3,(H,14,16). The zero-order valence-corrected chi connectivity index (χ0v) is 11.3. The van der Waals surface area contributed by atoms with Crippen molar-refractivity contribution in [3.8, 4) is 0 Å². The molecule has 1 aliphatic rings. The molecular formula is C12H15ClN2OS. The fourth-order valence-corrected chi connectivity index (χ4v) is 3.00. The minimum Gasteiger partial charge on any atom is -0.338 e. The van der Waals surface area contributed by atoms with Gasteiger partial charge in [-0.15, -0.1) is 11.8 Å². The van der Waals surface area contributed by atoms with E-state index in [0.717, 1.165) is 29.3 Å². The van der Waals surface area contributed by atoms with Gasteiger partial charge in [-0.1, -0.05) is 18.5 Å². The maximum absolute atomic E-state index is 12.0. The molecule has 0 radical (unpaired) electrons. The summed E-state index contributed by atoms with van der Waals surface area (Å²) in [6, 6.07) is 5.64. The molecule has 0 saturated carbocycles. The van der Waals surface area contributed by atoms with Crippen LogP contribution in [0.3, 0.4) is 0 Å². The number of rotatable bonds is 2. The average molecular weight is 271 g/mol. The second-order valence-electron chi connectivity index (χ2n) is 3.84. The summed E-state index contributed by atoms with van der Waals surface area (Å²) in [6.45, 7) is 3.50. The van der Waals surface area contributed by atoms with E-state index in [-0.39, 0.29) is 6.03 Å². The SMILES string of the molecule is CCCNC(=O)N1CCSc2cc(Cl)ccc21. The van der Waals surface area contributed by atoms with Crippen molar-refractivity contribution in [2.75, 3.05) is 23.7 Å². The number of fused-ring (bicyclic) bond motifs is 1. The van der Waals surface area contributed by atoms with Gasteiger partial charge < -0.3 is 5.32 Å². The number of thioether (sulfide) groups is 1. The maximum Gasteiger partial charge on any atom is 0.321 e. The van der Waals surface area contributed by atoms with E-state index >= 15 is 0 Å². The Morgan fingerprint density at radius 1 is 1.59 bits per heavy atom. The number of nitrogens with one attached hydrogen (secondary N) is 1. The van der Waals surface area contributed by atoms with Crippen LogP contribution in [-0.4, -0.2) is 24.9 Å². The van der Waals surface area contributed by atoms with Gasteiger partial charge in [0.25, 0.3) is 0 Å². The molecule has 1 N–H and O–H groups in total. The molecule has 0 unspecified atom stereocenters. The molecule has 0 spiro atoms. The van der Waals surface area contributed by atoms with Crippen molar-refractivity contribution in [2.24, 2.45) is 0 Å². The van der Waals surface area contributed by atoms with Crippen LogP contribution in [-0.2, 0) is 0 Å². The highest BCUT2D eigenvalue weighted by atomic mass is 35.5. The van der Waals surface area contributed by atoms with Crippen molar-refractivity contribution in [3.05, 3.63) is 23.2 Å². The van der Waals surface area contributed by atoms with Gasteiger partial charge in [0.2, 0.25) is 0 Å². The Kier molecular flexibility index (Phi) is 4.18. The van der Waals surface area contributed by atoms with Gasteiger partial charge >= 0.3 is 6.03 Å². The Hall–Kier alpha value is -0.870. The molecule has 0 saturated heterocycles. The van der Waals surface area contributed by atoms with Crippen molar-refractivity contribution in [1.29, 1.82) is 0 Å². The number of benzene rings is 1. The average Bonchev–Trinajstić information content (AvgIpc) is 2.34. The predicted octanol–water partition coefficient (Wildman–Crippen LogP) is 3.37. The van der Waals surface area contributed by atoms with Crippen LogP contribution in [0.1, 0.15) is 13.3 Å². The molecule has 0 atom stereocenters. The highest BCUT2D eigenvalue weighted by Crippen LogP contribution is 2.36. The van der Waals surface area contributed by atoms with Crippen LogP contribution < -0.4 is 10.2 Å². The molecule has 1 aliphatic heterocycles. The second kappa shape index (κ2) is 5.65. The summed E-state index contributed by atoms with van der Waals surface area (Å²) >= 11 is 7.70. The number of carbonyl (C=O) groups excluding carboxylic acids is 1. The highest BCUT2D eigenvalue weighted by Gasteiger charge is 2.22. The van der Waals surface area contributed by atoms with Crippen LogP contribution in [0.5, 0.6) is 0 Å². The van der Waals surface area contributed by atoms with Crippen molar-refractivity contribution in [1.82, 2.24) is 5.32 Å². The van der Waals surface area contributed by atoms with Crippen LogP contribution >= 0.6 is 23.4 Å². The summed E-state index contributed by atoms with van der Waals surface area (Å²) < 4.78 is 0. The Balaban J connectivity index is 2.19. The molecule has 0 aromatic heterocycles. The number of urea groups is 1. The Morgan fingerprint density at radius 2 is 2.41 bits per heavy atom. The molecule has 1 aromatic rings. The van der Waals surface area contributed by atoms with Crippen LogP contribution in [0, 0.1) is 0 Å². The molecule has 17 heavy (non-hydrogen) atoms. The first-order chi connectivity index (χ1) is 8.22. The predicted molar refractivity (Wildman–Crippen MR) is 73.2 cm³/mol. The lowest BCUT2D eigenvalue weighted by Crippen LogP contribution is -2.43. The van der Waals surface area contributed by atoms with Crippen molar-refractivity contribution >= 4 is 35.1 Å². The van der Waals surface area contributed by atoms with Crippen molar-refractivity contribution < 1.29 is 4.79 Å². The van der Waals surface area contributed by atoms with Gasteiger partial charge in [-0.2, -0.15) is 0 Å². The molecule has 2 amide bonds. The largest absolute Gasteiger partial charge is 0.338 e. The highest BCUT2D eigenvalue weighted by molar-refractivity contribution is 7.99. The fraction of sp³-hybridized carbons (Fsp3) is 0.417. The van der Waals surface area contributed by atoms with Gasteiger partial charge in [-0.05, 0) is 24.6 Å². The fourth-order valence-electron chi connectivity index (χ4n) is 1.73. The first-order valence-corrected chi connectivity index (χ1v) is 7.06. The minimum atomic E-state index is -0.0178. The third-order valence-electron chi connectivity index (χ3n) is 2.56. The second-order valence-corrected chi connectivity index (χ2v) is 5.42. The smallest absolute Gasteiger partial charge is 0.321 e. The number of amides is 2. The normalized spacial score (nSPS) is 14.4. The number of carbonyl (C=O) groups is 1. The van der Waals surface area contributed by atoms with E-state index < -0.39 is 0 Å². The lowest BCUT2D eigenvalue weighted by molar-refractivity contribution is 0.246. The molecule has 0 bridgehead atoms. The van der Waals surface area contributed by atoms with E-state index in [0.29, 0.717) is 11.6 Å². The van der Waals surface area contributed by atoms with E-state index in [1.807, 2.05) is 25.1 Å². The summed E-state index contributed by atoms with van der Waals surface area (Å²) in [4.78, 5) is 14.8. The molecule has 1 heterocycles. The number of hydrogen-bond donors (Lipinski definition) is 1. The lowest BCUT2D eigenvalue weighted by Gasteiger charge is -2.29. The lowest BCUT2D eigenvalue weighted by atomic mass is 10.3. The maximum atomic E-state index is 12.0. The Morgan fingerprint density at radius 3 is 3.18 bits per heavy atom. The molecule has 92 valence electrons. The first-order valence-electron chi connectivity index (χ1n) is 5.70. The summed E-state index contributed by atoms with van der Waals surface area (Å²) in [6.07, 6.45) is 0.946. The molecule has 0 fully saturated rings. The van der Waals surface area contributed by atoms with Gasteiger partial charge in [0.1, 0.15) is 0 Å². The van der Waals surface area contributed by atoms with E-state index in [9.17, 15) is 4.79 Å². The van der Waals surface area contributed by atoms with Gasteiger partial charge in [-0.3, -0.25) is 4.90 Å². The van der Waals surface area contributed by atoms with Gasteiger partial charge in [-0.25, -0.2) is 4.79 Å². The quantitative estimate of drug-likeness (QED) is 0.894. The van der Waals surface area contributed by atoms with Gasteiger partial charge in [0.05, 0.1) is 5.69 Å². The Labute approximate surface area is 111 Å². The molecule has 0 aliphatic carbocycles. The van der Waals surface area contributed by atoms with Crippen LogP contribution in [0.25, 0.3) is 0 Å². The van der Waals surface area contributed by atoms with Gasteiger partial charge in [0, 0.05) is 28.8 Å². The van der Waals surface area contributed by atoms with E-state index in [1.54, 1.807) is 16.7 Å². The first kappa shape index (κ1) is 12.6. The zero-order chi connectivity index (χ0) is 12.3. The summed E-state index contributed by atoms with van der Waals surface area (Å²) in [7, 11) is 0. The minimum absolute atomic E-state index is 0.0178. The molecular weight excluding hydrogens is 256 g/mol. The summed E-state index contributed by atoms with van der Waals surface area (Å²) in [5.41, 5.74) is 0.958. The zero-order valence-electron chi connectivity index (χ0n) is 9.70. The number of hydrogen-bond acceptors (Lipinski definition) is 2. The van der Waals surface area contributed by atoms with Crippen molar-refractivity contribution in [3.63, 3.8) is 0 Å². The van der Waals surface area contributed by atoms with E-state index in [1.165, 1.54) is 0 Å². The number of nitrogens with zero attached hydrogens (tertiary/aromatic N) is 1. The Bertz CT molecular complexity index is 425. The van der Waals surface area contributed by atoms with Crippen LogP contribution in [0.15, 0.2) is 23.1 Å². The molecule has 3 nitrogen and oxygen atoms in total. The van der Waals surface area contributed by atoms with Crippen molar-refractivity contribution in [2.45, 2.75) is 18.2 Å². The molecule has 5 heteroatoms. The van der Waals surface area contributed by atoms with Crippen LogP contribution in [0.2, 0.25) is 5.02 Å². The van der Waals surface area contributed by atoms with E-state index in [4.69, 9.17) is 11.6 Å². The third-order valence-corrected chi connectivity index (χ3v) is 3.82. The number of anilines is 1. The monoisotopic (exact) mass is 270 g/mol. The van der Waals surface area contributed by atoms with Gasteiger partial charge in [0.15, 0.2) is 0 Å². The summed E-state index contributed by atoms with van der Waals surface area (Å²) in [5.74, 6) is 0.910. The topological polar surface area (TPSA) is 32.3 Å². The number of halogens is 1. The summed E-state index contributed by atoms with van der Waals surface area (Å²) in [5, 5.41) is 3.62. The third kappa shape index (κ3) is 2.87. The molecule has 2 rings (SSSR count). The van der Waals surface area contributed by atoms with Crippen LogP contribution in [0.4, 0.5) is 10.5 Å².